The van der Waals surface area contributed by atoms with Crippen molar-refractivity contribution in [3.8, 4) is 5.75 Å². The number of halogens is 1. The van der Waals surface area contributed by atoms with E-state index in [-0.39, 0.29) is 5.91 Å². The fourth-order valence-corrected chi connectivity index (χ4v) is 2.39. The van der Waals surface area contributed by atoms with Gasteiger partial charge in [-0.25, -0.2) is 0 Å². The van der Waals surface area contributed by atoms with Crippen molar-refractivity contribution in [1.82, 2.24) is 5.32 Å². The third-order valence-corrected chi connectivity index (χ3v) is 3.59. The minimum Gasteiger partial charge on any atom is -0.496 e. The van der Waals surface area contributed by atoms with Crippen molar-refractivity contribution in [2.75, 3.05) is 25.2 Å². The molecule has 2 aromatic carbocycles. The number of ether oxygens (including phenoxy) is 1. The van der Waals surface area contributed by atoms with Crippen molar-refractivity contribution in [3.05, 3.63) is 46.4 Å². The number of carbonyl (C=O) groups is 1. The van der Waals surface area contributed by atoms with Gasteiger partial charge in [-0.1, -0.05) is 0 Å². The van der Waals surface area contributed by atoms with Crippen LogP contribution >= 0.6 is 15.9 Å². The lowest BCUT2D eigenvalue weighted by molar-refractivity contribution is 0.0963. The Labute approximate surface area is 131 Å². The van der Waals surface area contributed by atoms with Crippen LogP contribution in [-0.2, 0) is 0 Å². The van der Waals surface area contributed by atoms with Crippen LogP contribution in [0, 0.1) is 0 Å². The molecule has 4 N–H and O–H groups in total. The molecule has 0 heterocycles. The first kappa shape index (κ1) is 15.2. The average Bonchev–Trinajstić information content (AvgIpc) is 2.49. The molecule has 0 aromatic heterocycles. The second kappa shape index (κ2) is 6.49. The van der Waals surface area contributed by atoms with E-state index in [9.17, 15) is 4.79 Å². The molecule has 0 saturated carbocycles. The van der Waals surface area contributed by atoms with Crippen LogP contribution in [0.1, 0.15) is 10.4 Å². The molecule has 5 nitrogen and oxygen atoms in total. The van der Waals surface area contributed by atoms with Crippen LogP contribution in [0.2, 0.25) is 0 Å². The summed E-state index contributed by atoms with van der Waals surface area (Å²) in [6.07, 6.45) is 0. The molecule has 0 spiro atoms. The highest BCUT2D eigenvalue weighted by molar-refractivity contribution is 9.10. The van der Waals surface area contributed by atoms with Gasteiger partial charge in [0.05, 0.1) is 23.0 Å². The van der Waals surface area contributed by atoms with E-state index in [0.717, 1.165) is 15.9 Å². The number of nitrogens with two attached hydrogens (primary N) is 1. The minimum atomic E-state index is -0.158. The summed E-state index contributed by atoms with van der Waals surface area (Å²) in [7, 11) is 3.20. The van der Waals surface area contributed by atoms with Crippen molar-refractivity contribution in [1.29, 1.82) is 0 Å². The third-order valence-electron chi connectivity index (χ3n) is 2.97. The van der Waals surface area contributed by atoms with Gasteiger partial charge in [-0.05, 0) is 52.3 Å². The lowest BCUT2D eigenvalue weighted by atomic mass is 10.1. The third kappa shape index (κ3) is 3.46. The number of carbonyl (C=O) groups excluding carboxylic acids is 1. The zero-order valence-electron chi connectivity index (χ0n) is 11.7. The molecule has 0 aliphatic rings. The SMILES string of the molecule is CNC(=O)c1ccc(N)c(Nc2ccc(OC)c(Br)c2)c1. The average molecular weight is 350 g/mol. The van der Waals surface area contributed by atoms with Gasteiger partial charge in [-0.15, -0.1) is 0 Å². The number of nitrogen functional groups attached to an aromatic ring is 1. The summed E-state index contributed by atoms with van der Waals surface area (Å²) in [6.45, 7) is 0. The van der Waals surface area contributed by atoms with E-state index in [2.05, 4.69) is 26.6 Å². The first-order valence-corrected chi connectivity index (χ1v) is 7.06. The lowest BCUT2D eigenvalue weighted by Gasteiger charge is -2.12. The maximum atomic E-state index is 11.7. The van der Waals surface area contributed by atoms with Crippen LogP contribution in [0.15, 0.2) is 40.9 Å². The maximum Gasteiger partial charge on any atom is 0.251 e. The molecule has 1 amide bonds. The summed E-state index contributed by atoms with van der Waals surface area (Å²) in [5, 5.41) is 5.78. The van der Waals surface area contributed by atoms with Crippen molar-refractivity contribution < 1.29 is 9.53 Å². The van der Waals surface area contributed by atoms with Gasteiger partial charge in [0, 0.05) is 18.3 Å². The number of hydrogen-bond donors (Lipinski definition) is 3. The Morgan fingerprint density at radius 2 is 2.00 bits per heavy atom. The molecule has 2 aromatic rings. The second-order valence-corrected chi connectivity index (χ2v) is 5.21. The molecule has 0 saturated heterocycles. The van der Waals surface area contributed by atoms with E-state index in [4.69, 9.17) is 10.5 Å². The zero-order valence-corrected chi connectivity index (χ0v) is 13.3. The summed E-state index contributed by atoms with van der Waals surface area (Å²) in [5.41, 5.74) is 8.56. The van der Waals surface area contributed by atoms with Crippen molar-refractivity contribution in [3.63, 3.8) is 0 Å². The minimum absolute atomic E-state index is 0.158. The molecule has 21 heavy (non-hydrogen) atoms. The largest absolute Gasteiger partial charge is 0.496 e. The normalized spacial score (nSPS) is 10.0. The molecule has 2 rings (SSSR count). The standard InChI is InChI=1S/C15H16BrN3O2/c1-18-15(20)9-3-5-12(17)13(7-9)19-10-4-6-14(21-2)11(16)8-10/h3-8,19H,17H2,1-2H3,(H,18,20). The highest BCUT2D eigenvalue weighted by Crippen LogP contribution is 2.31. The Bertz CT molecular complexity index is 674. The summed E-state index contributed by atoms with van der Waals surface area (Å²) in [6, 6.07) is 10.7. The second-order valence-electron chi connectivity index (χ2n) is 4.36. The number of rotatable bonds is 4. The van der Waals surface area contributed by atoms with Gasteiger partial charge >= 0.3 is 0 Å². The number of hydrogen-bond acceptors (Lipinski definition) is 4. The van der Waals surface area contributed by atoms with Gasteiger partial charge in [-0.3, -0.25) is 4.79 Å². The fraction of sp³-hybridized carbons (Fsp3) is 0.133. The van der Waals surface area contributed by atoms with Gasteiger partial charge in [0.1, 0.15) is 5.75 Å². The van der Waals surface area contributed by atoms with E-state index in [1.165, 1.54) is 0 Å². The summed E-state index contributed by atoms with van der Waals surface area (Å²) < 4.78 is 6.02. The maximum absolute atomic E-state index is 11.7. The summed E-state index contributed by atoms with van der Waals surface area (Å²) in [4.78, 5) is 11.7. The lowest BCUT2D eigenvalue weighted by Crippen LogP contribution is -2.17. The molecular formula is C15H16BrN3O2. The van der Waals surface area contributed by atoms with Crippen molar-refractivity contribution in [2.24, 2.45) is 0 Å². The number of methoxy groups -OCH3 is 1. The predicted molar refractivity (Wildman–Crippen MR) is 88.2 cm³/mol. The molecule has 0 atom stereocenters. The molecule has 0 fully saturated rings. The molecule has 0 unspecified atom stereocenters. The zero-order chi connectivity index (χ0) is 15.4. The number of nitrogens with one attached hydrogen (secondary N) is 2. The number of benzene rings is 2. The van der Waals surface area contributed by atoms with Crippen molar-refractivity contribution >= 4 is 38.9 Å². The first-order valence-electron chi connectivity index (χ1n) is 6.27. The topological polar surface area (TPSA) is 76.4 Å². The van der Waals surface area contributed by atoms with Crippen LogP contribution in [0.5, 0.6) is 5.75 Å². The molecule has 110 valence electrons. The Hall–Kier alpha value is -2.21. The summed E-state index contributed by atoms with van der Waals surface area (Å²) >= 11 is 3.43. The van der Waals surface area contributed by atoms with Gasteiger partial charge < -0.3 is 21.1 Å². The highest BCUT2D eigenvalue weighted by Gasteiger charge is 2.08. The number of amides is 1. The van der Waals surface area contributed by atoms with Crippen LogP contribution < -0.4 is 21.1 Å². The first-order chi connectivity index (χ1) is 10.0. The fourth-order valence-electron chi connectivity index (χ4n) is 1.85. The van der Waals surface area contributed by atoms with Gasteiger partial charge in [0.2, 0.25) is 0 Å². The quantitative estimate of drug-likeness (QED) is 0.741. The molecule has 0 radical (unpaired) electrons. The van der Waals surface area contributed by atoms with Crippen LogP contribution in [-0.4, -0.2) is 20.1 Å². The Balaban J connectivity index is 2.30. The van der Waals surface area contributed by atoms with Gasteiger partial charge in [0.15, 0.2) is 0 Å². The Morgan fingerprint density at radius 1 is 1.24 bits per heavy atom. The van der Waals surface area contributed by atoms with Crippen LogP contribution in [0.3, 0.4) is 0 Å². The van der Waals surface area contributed by atoms with Crippen molar-refractivity contribution in [2.45, 2.75) is 0 Å². The van der Waals surface area contributed by atoms with E-state index in [1.54, 1.807) is 32.4 Å². The molecular weight excluding hydrogens is 334 g/mol. The summed E-state index contributed by atoms with van der Waals surface area (Å²) in [5.74, 6) is 0.585. The van der Waals surface area contributed by atoms with E-state index < -0.39 is 0 Å². The monoisotopic (exact) mass is 349 g/mol. The number of anilines is 3. The Morgan fingerprint density at radius 3 is 2.62 bits per heavy atom. The van der Waals surface area contributed by atoms with Crippen LogP contribution in [0.25, 0.3) is 0 Å². The van der Waals surface area contributed by atoms with E-state index in [0.29, 0.717) is 16.9 Å². The van der Waals surface area contributed by atoms with E-state index >= 15 is 0 Å². The molecule has 0 bridgehead atoms. The highest BCUT2D eigenvalue weighted by atomic mass is 79.9. The predicted octanol–water partition coefficient (Wildman–Crippen LogP) is 3.14. The van der Waals surface area contributed by atoms with Crippen LogP contribution in [0.4, 0.5) is 17.1 Å². The van der Waals surface area contributed by atoms with Gasteiger partial charge in [0.25, 0.3) is 5.91 Å². The molecule has 0 aliphatic carbocycles. The van der Waals surface area contributed by atoms with E-state index in [1.807, 2.05) is 18.2 Å². The van der Waals surface area contributed by atoms with Gasteiger partial charge in [-0.2, -0.15) is 0 Å². The smallest absolute Gasteiger partial charge is 0.251 e. The molecule has 6 heteroatoms. The Kier molecular flexibility index (Phi) is 4.70. The molecule has 0 aliphatic heterocycles.